The van der Waals surface area contributed by atoms with E-state index in [1.165, 1.54) is 23.9 Å². The highest BCUT2D eigenvalue weighted by Crippen LogP contribution is 2.32. The second-order valence-corrected chi connectivity index (χ2v) is 8.50. The Morgan fingerprint density at radius 2 is 2.07 bits per heavy atom. The zero-order valence-corrected chi connectivity index (χ0v) is 17.5. The fraction of sp³-hybridized carbons (Fsp3) is 0.273. The number of rotatable bonds is 3. The number of amides is 1. The zero-order valence-electron chi connectivity index (χ0n) is 16.7. The van der Waals surface area contributed by atoms with Gasteiger partial charge in [0.1, 0.15) is 11.3 Å². The Labute approximate surface area is 177 Å². The summed E-state index contributed by atoms with van der Waals surface area (Å²) in [6.07, 6.45) is 1.59. The van der Waals surface area contributed by atoms with E-state index in [9.17, 15) is 9.18 Å². The van der Waals surface area contributed by atoms with Crippen molar-refractivity contribution in [2.24, 2.45) is 7.05 Å². The van der Waals surface area contributed by atoms with E-state index in [2.05, 4.69) is 15.2 Å². The van der Waals surface area contributed by atoms with Gasteiger partial charge in [-0.05, 0) is 49.6 Å². The summed E-state index contributed by atoms with van der Waals surface area (Å²) in [6.45, 7) is 2.02. The molecule has 0 fully saturated rings. The van der Waals surface area contributed by atoms with Crippen molar-refractivity contribution >= 4 is 45.4 Å². The molecule has 0 saturated heterocycles. The molecule has 1 amide bonds. The maximum absolute atomic E-state index is 13.6. The maximum Gasteiger partial charge on any atom is 0.237 e. The minimum absolute atomic E-state index is 0.0409. The van der Waals surface area contributed by atoms with E-state index in [1.54, 1.807) is 11.0 Å². The van der Waals surface area contributed by atoms with E-state index in [0.717, 1.165) is 46.2 Å². The van der Waals surface area contributed by atoms with Crippen LogP contribution in [0.2, 0.25) is 0 Å². The molecular formula is C22H20FN5OS. The largest absolute Gasteiger partial charge is 0.327 e. The Bertz CT molecular complexity index is 1290. The highest BCUT2D eigenvalue weighted by Gasteiger charge is 2.28. The second kappa shape index (κ2) is 7.36. The Morgan fingerprint density at radius 3 is 2.93 bits per heavy atom. The molecular weight excluding hydrogens is 401 g/mol. The van der Waals surface area contributed by atoms with Crippen molar-refractivity contribution in [2.75, 3.05) is 10.7 Å². The van der Waals surface area contributed by atoms with Crippen LogP contribution in [0.1, 0.15) is 18.9 Å². The van der Waals surface area contributed by atoms with Crippen LogP contribution in [-0.4, -0.2) is 37.5 Å². The molecule has 1 aliphatic heterocycles. The Hall–Kier alpha value is -3.00. The first-order valence-electron chi connectivity index (χ1n) is 9.84. The van der Waals surface area contributed by atoms with Crippen LogP contribution in [0.5, 0.6) is 0 Å². The summed E-state index contributed by atoms with van der Waals surface area (Å²) in [5.74, 6) is -0.119. The van der Waals surface area contributed by atoms with Crippen LogP contribution in [-0.2, 0) is 18.3 Å². The quantitative estimate of drug-likeness (QED) is 0.466. The number of benzene rings is 2. The SMILES string of the molecule is C[C@H]1CCc2cc(F)ccc2N1C(=O)CSc1nnc2c3ccccc3n(C)c2n1. The van der Waals surface area contributed by atoms with Crippen LogP contribution in [0.3, 0.4) is 0 Å². The number of hydrogen-bond acceptors (Lipinski definition) is 5. The molecule has 0 saturated carbocycles. The number of thioether (sulfide) groups is 1. The van der Waals surface area contributed by atoms with Gasteiger partial charge in [-0.15, -0.1) is 10.2 Å². The number of nitrogens with zero attached hydrogens (tertiary/aromatic N) is 5. The molecule has 4 aromatic rings. The molecule has 8 heteroatoms. The summed E-state index contributed by atoms with van der Waals surface area (Å²) in [5, 5.41) is 10.1. The van der Waals surface area contributed by atoms with Crippen LogP contribution >= 0.6 is 11.8 Å². The van der Waals surface area contributed by atoms with Crippen molar-refractivity contribution in [1.29, 1.82) is 0 Å². The van der Waals surface area contributed by atoms with Gasteiger partial charge in [0.25, 0.3) is 0 Å². The van der Waals surface area contributed by atoms with Gasteiger partial charge in [0.05, 0.1) is 11.3 Å². The van der Waals surface area contributed by atoms with E-state index >= 15 is 0 Å². The summed E-state index contributed by atoms with van der Waals surface area (Å²) in [6, 6.07) is 12.7. The molecule has 3 heterocycles. The minimum atomic E-state index is -0.271. The zero-order chi connectivity index (χ0) is 20.8. The number of carbonyl (C=O) groups is 1. The molecule has 2 aromatic heterocycles. The molecule has 0 unspecified atom stereocenters. The van der Waals surface area contributed by atoms with Crippen molar-refractivity contribution in [2.45, 2.75) is 31.0 Å². The topological polar surface area (TPSA) is 63.9 Å². The number of aryl methyl sites for hydroxylation is 2. The summed E-state index contributed by atoms with van der Waals surface area (Å²) >= 11 is 1.27. The Balaban J connectivity index is 1.40. The first kappa shape index (κ1) is 19.0. The van der Waals surface area contributed by atoms with Crippen LogP contribution in [0, 0.1) is 5.82 Å². The third kappa shape index (κ3) is 3.11. The third-order valence-corrected chi connectivity index (χ3v) is 6.48. The standard InChI is InChI=1S/C22H20FN5OS/c1-13-7-8-14-11-15(23)9-10-17(14)28(13)19(29)12-30-22-24-21-20(25-26-22)16-5-3-4-6-18(16)27(21)2/h3-6,9-11,13H,7-8,12H2,1-2H3/t13-/m0/s1. The van der Waals surface area contributed by atoms with E-state index in [-0.39, 0.29) is 23.5 Å². The molecule has 6 nitrogen and oxygen atoms in total. The van der Waals surface area contributed by atoms with E-state index < -0.39 is 0 Å². The molecule has 2 aromatic carbocycles. The first-order valence-corrected chi connectivity index (χ1v) is 10.8. The van der Waals surface area contributed by atoms with Crippen molar-refractivity contribution in [3.63, 3.8) is 0 Å². The van der Waals surface area contributed by atoms with Gasteiger partial charge in [0.2, 0.25) is 11.1 Å². The highest BCUT2D eigenvalue weighted by molar-refractivity contribution is 7.99. The lowest BCUT2D eigenvalue weighted by Crippen LogP contribution is -2.43. The molecule has 5 rings (SSSR count). The average Bonchev–Trinajstić information content (AvgIpc) is 3.04. The molecule has 0 N–H and O–H groups in total. The number of carbonyl (C=O) groups excluding carboxylic acids is 1. The molecule has 30 heavy (non-hydrogen) atoms. The van der Waals surface area contributed by atoms with Crippen molar-refractivity contribution in [3.05, 3.63) is 53.8 Å². The molecule has 1 aliphatic rings. The first-order chi connectivity index (χ1) is 14.5. The maximum atomic E-state index is 13.6. The highest BCUT2D eigenvalue weighted by atomic mass is 32.2. The summed E-state index contributed by atoms with van der Waals surface area (Å²) in [7, 11) is 1.95. The van der Waals surface area contributed by atoms with Gasteiger partial charge in [0, 0.05) is 24.2 Å². The molecule has 0 spiro atoms. The lowest BCUT2D eigenvalue weighted by Gasteiger charge is -2.35. The predicted molar refractivity (Wildman–Crippen MR) is 116 cm³/mol. The number of aromatic nitrogens is 4. The smallest absolute Gasteiger partial charge is 0.237 e. The second-order valence-electron chi connectivity index (χ2n) is 7.56. The van der Waals surface area contributed by atoms with Gasteiger partial charge >= 0.3 is 0 Å². The van der Waals surface area contributed by atoms with Crippen molar-refractivity contribution in [1.82, 2.24) is 19.7 Å². The average molecular weight is 422 g/mol. The number of anilines is 1. The monoisotopic (exact) mass is 421 g/mol. The molecule has 0 bridgehead atoms. The molecule has 152 valence electrons. The molecule has 1 atom stereocenters. The van der Waals surface area contributed by atoms with Gasteiger partial charge < -0.3 is 9.47 Å². The van der Waals surface area contributed by atoms with Gasteiger partial charge in [-0.2, -0.15) is 0 Å². The summed E-state index contributed by atoms with van der Waals surface area (Å²) in [5.41, 5.74) is 4.21. The van der Waals surface area contributed by atoms with E-state index in [0.29, 0.717) is 5.16 Å². The number of halogens is 1. The number of hydrogen-bond donors (Lipinski definition) is 0. The van der Waals surface area contributed by atoms with Gasteiger partial charge in [-0.1, -0.05) is 30.0 Å². The van der Waals surface area contributed by atoms with Crippen LogP contribution in [0.25, 0.3) is 22.1 Å². The van der Waals surface area contributed by atoms with Gasteiger partial charge in [0.15, 0.2) is 5.65 Å². The van der Waals surface area contributed by atoms with E-state index in [1.807, 2.05) is 42.8 Å². The normalized spacial score (nSPS) is 16.2. The molecule has 0 aliphatic carbocycles. The Kier molecular flexibility index (Phi) is 4.66. The van der Waals surface area contributed by atoms with Gasteiger partial charge in [-0.25, -0.2) is 9.37 Å². The lowest BCUT2D eigenvalue weighted by molar-refractivity contribution is -0.116. The number of para-hydroxylation sites is 1. The van der Waals surface area contributed by atoms with Crippen molar-refractivity contribution in [3.8, 4) is 0 Å². The van der Waals surface area contributed by atoms with Crippen LogP contribution in [0.15, 0.2) is 47.6 Å². The van der Waals surface area contributed by atoms with Crippen LogP contribution < -0.4 is 4.90 Å². The lowest BCUT2D eigenvalue weighted by atomic mass is 9.96. The minimum Gasteiger partial charge on any atom is -0.327 e. The van der Waals surface area contributed by atoms with Crippen LogP contribution in [0.4, 0.5) is 10.1 Å². The molecule has 0 radical (unpaired) electrons. The van der Waals surface area contributed by atoms with Crippen molar-refractivity contribution < 1.29 is 9.18 Å². The third-order valence-electron chi connectivity index (χ3n) is 5.65. The van der Waals surface area contributed by atoms with Gasteiger partial charge in [-0.3, -0.25) is 4.79 Å². The number of fused-ring (bicyclic) bond motifs is 4. The fourth-order valence-electron chi connectivity index (χ4n) is 4.15. The predicted octanol–water partition coefficient (Wildman–Crippen LogP) is 4.12. The Morgan fingerprint density at radius 1 is 1.23 bits per heavy atom. The van der Waals surface area contributed by atoms with E-state index in [4.69, 9.17) is 0 Å². The summed E-state index contributed by atoms with van der Waals surface area (Å²) in [4.78, 5) is 19.4. The summed E-state index contributed by atoms with van der Waals surface area (Å²) < 4.78 is 15.6. The fourth-order valence-corrected chi connectivity index (χ4v) is 4.79.